The first-order valence-corrected chi connectivity index (χ1v) is 10.8. The van der Waals surface area contributed by atoms with Gasteiger partial charge in [-0.15, -0.1) is 0 Å². The van der Waals surface area contributed by atoms with E-state index in [1.165, 1.54) is 6.07 Å². The van der Waals surface area contributed by atoms with E-state index in [1.54, 1.807) is 54.5 Å². The van der Waals surface area contributed by atoms with E-state index >= 15 is 0 Å². The Balaban J connectivity index is 1.61. The van der Waals surface area contributed by atoms with Crippen molar-refractivity contribution in [3.8, 4) is 22.6 Å². The van der Waals surface area contributed by atoms with Gasteiger partial charge >= 0.3 is 0 Å². The topological polar surface area (TPSA) is 124 Å². The number of hydrogen-bond donors (Lipinski definition) is 2. The summed E-state index contributed by atoms with van der Waals surface area (Å²) < 4.78 is 15.5. The van der Waals surface area contributed by atoms with Gasteiger partial charge in [0, 0.05) is 30.4 Å². The van der Waals surface area contributed by atoms with E-state index in [0.29, 0.717) is 39.2 Å². The minimum atomic E-state index is -0.490. The molecular formula is C25H21FN8O. The molecule has 0 unspecified atom stereocenters. The number of halogens is 1. The molecule has 1 amide bonds. The molecule has 5 rings (SSSR count). The zero-order valence-electron chi connectivity index (χ0n) is 19.0. The molecule has 1 aromatic carbocycles. The van der Waals surface area contributed by atoms with Gasteiger partial charge in [0.25, 0.3) is 5.91 Å². The number of hydrogen-bond acceptors (Lipinski definition) is 7. The number of aryl methyl sites for hydroxylation is 1. The van der Waals surface area contributed by atoms with Crippen LogP contribution < -0.4 is 11.1 Å². The van der Waals surface area contributed by atoms with Crippen LogP contribution in [0.2, 0.25) is 0 Å². The third-order valence-corrected chi connectivity index (χ3v) is 5.49. The largest absolute Gasteiger partial charge is 0.382 e. The van der Waals surface area contributed by atoms with Crippen molar-refractivity contribution < 1.29 is 9.18 Å². The van der Waals surface area contributed by atoms with Crippen molar-refractivity contribution in [1.82, 2.24) is 35.0 Å². The summed E-state index contributed by atoms with van der Waals surface area (Å²) in [5, 5.41) is 7.88. The minimum Gasteiger partial charge on any atom is -0.382 e. The van der Waals surface area contributed by atoms with Gasteiger partial charge in [0.2, 0.25) is 0 Å². The Labute approximate surface area is 199 Å². The summed E-state index contributed by atoms with van der Waals surface area (Å²) in [5.41, 5.74) is 9.43. The maximum absolute atomic E-state index is 13.8. The lowest BCUT2D eigenvalue weighted by Gasteiger charge is -2.15. The van der Waals surface area contributed by atoms with E-state index in [9.17, 15) is 9.18 Å². The molecule has 9 nitrogen and oxygen atoms in total. The highest BCUT2D eigenvalue weighted by Crippen LogP contribution is 2.31. The molecule has 0 radical (unpaired) electrons. The molecule has 0 saturated carbocycles. The van der Waals surface area contributed by atoms with Crippen LogP contribution in [0.1, 0.15) is 29.1 Å². The number of nitrogens with one attached hydrogen (secondary N) is 1. The van der Waals surface area contributed by atoms with E-state index < -0.39 is 11.7 Å². The summed E-state index contributed by atoms with van der Waals surface area (Å²) in [6, 6.07) is 13.5. The zero-order chi connectivity index (χ0) is 24.5. The normalized spacial score (nSPS) is 12.0. The molecular weight excluding hydrogens is 447 g/mol. The number of benzene rings is 1. The lowest BCUT2D eigenvalue weighted by molar-refractivity contribution is 0.0935. The molecule has 0 aliphatic rings. The first-order valence-electron chi connectivity index (χ1n) is 10.8. The number of carbonyl (C=O) groups is 1. The van der Waals surface area contributed by atoms with Crippen molar-refractivity contribution in [3.05, 3.63) is 84.3 Å². The van der Waals surface area contributed by atoms with E-state index in [0.717, 1.165) is 6.20 Å². The third-order valence-electron chi connectivity index (χ3n) is 5.49. The summed E-state index contributed by atoms with van der Waals surface area (Å²) in [6.07, 6.45) is 4.59. The average molecular weight is 468 g/mol. The molecule has 10 heteroatoms. The number of pyridine rings is 2. The number of nitrogens with two attached hydrogens (primary N) is 1. The minimum absolute atomic E-state index is 0.0278. The fourth-order valence-electron chi connectivity index (χ4n) is 3.76. The molecule has 35 heavy (non-hydrogen) atoms. The Hall–Kier alpha value is -4.73. The maximum Gasteiger partial charge on any atom is 0.274 e. The molecule has 0 aliphatic heterocycles. The Morgan fingerprint density at radius 2 is 1.94 bits per heavy atom. The molecule has 1 atom stereocenters. The van der Waals surface area contributed by atoms with Crippen LogP contribution in [0.5, 0.6) is 0 Å². The molecule has 174 valence electrons. The summed E-state index contributed by atoms with van der Waals surface area (Å²) >= 11 is 0. The summed E-state index contributed by atoms with van der Waals surface area (Å²) in [4.78, 5) is 30.6. The van der Waals surface area contributed by atoms with Crippen LogP contribution >= 0.6 is 0 Å². The van der Waals surface area contributed by atoms with Gasteiger partial charge in [0.15, 0.2) is 11.5 Å². The Morgan fingerprint density at radius 1 is 1.09 bits per heavy atom. The van der Waals surface area contributed by atoms with Crippen LogP contribution in [0.4, 0.5) is 10.2 Å². The van der Waals surface area contributed by atoms with Crippen molar-refractivity contribution in [2.24, 2.45) is 7.05 Å². The molecule has 4 aromatic heterocycles. The molecule has 0 spiro atoms. The van der Waals surface area contributed by atoms with Gasteiger partial charge < -0.3 is 11.1 Å². The molecule has 0 saturated heterocycles. The van der Waals surface area contributed by atoms with Gasteiger partial charge in [0.05, 0.1) is 29.1 Å². The second-order valence-electron chi connectivity index (χ2n) is 8.04. The first-order chi connectivity index (χ1) is 16.9. The number of amides is 1. The first kappa shape index (κ1) is 22.1. The van der Waals surface area contributed by atoms with Crippen LogP contribution in [-0.4, -0.2) is 35.6 Å². The second-order valence-corrected chi connectivity index (χ2v) is 8.04. The Kier molecular flexibility index (Phi) is 5.61. The van der Waals surface area contributed by atoms with E-state index in [4.69, 9.17) is 5.73 Å². The van der Waals surface area contributed by atoms with Gasteiger partial charge in [-0.3, -0.25) is 19.4 Å². The van der Waals surface area contributed by atoms with Gasteiger partial charge in [-0.2, -0.15) is 5.10 Å². The van der Waals surface area contributed by atoms with Crippen molar-refractivity contribution in [3.63, 3.8) is 0 Å². The summed E-state index contributed by atoms with van der Waals surface area (Å²) in [7, 11) is 1.78. The van der Waals surface area contributed by atoms with Gasteiger partial charge in [-0.05, 0) is 43.3 Å². The van der Waals surface area contributed by atoms with Gasteiger partial charge in [-0.25, -0.2) is 14.4 Å². The monoisotopic (exact) mass is 468 g/mol. The standard InChI is InChI=1S/C25H21FN8O/c1-14(18-5-3-4-9-28-18)30-25(35)23-24(27)32-22(20-8-10-34(2)33-20)21(31-23)15-6-7-19-16(11-15)12-17(26)13-29-19/h3-14H,1-2H3,(H2,27,32)(H,30,35)/t14-/m1/s1. The Bertz CT molecular complexity index is 1550. The molecule has 0 bridgehead atoms. The lowest BCUT2D eigenvalue weighted by atomic mass is 10.0. The zero-order valence-corrected chi connectivity index (χ0v) is 19.0. The molecule has 4 heterocycles. The van der Waals surface area contributed by atoms with Gasteiger partial charge in [-0.1, -0.05) is 12.1 Å². The quantitative estimate of drug-likeness (QED) is 0.403. The highest BCUT2D eigenvalue weighted by Gasteiger charge is 2.23. The number of fused-ring (bicyclic) bond motifs is 1. The predicted molar refractivity (Wildman–Crippen MR) is 129 cm³/mol. The van der Waals surface area contributed by atoms with E-state index in [-0.39, 0.29) is 17.6 Å². The van der Waals surface area contributed by atoms with Crippen LogP contribution in [0, 0.1) is 5.82 Å². The highest BCUT2D eigenvalue weighted by atomic mass is 19.1. The molecule has 0 fully saturated rings. The number of rotatable bonds is 5. The van der Waals surface area contributed by atoms with Crippen LogP contribution in [0.25, 0.3) is 33.5 Å². The summed E-state index contributed by atoms with van der Waals surface area (Å²) in [6.45, 7) is 1.82. The smallest absolute Gasteiger partial charge is 0.274 e. The van der Waals surface area contributed by atoms with Gasteiger partial charge in [0.1, 0.15) is 17.2 Å². The number of nitrogen functional groups attached to an aromatic ring is 1. The molecule has 0 aliphatic carbocycles. The number of aromatic nitrogens is 6. The maximum atomic E-state index is 13.8. The summed E-state index contributed by atoms with van der Waals surface area (Å²) in [5.74, 6) is -0.976. The lowest BCUT2D eigenvalue weighted by Crippen LogP contribution is -2.29. The number of carbonyl (C=O) groups excluding carboxylic acids is 1. The van der Waals surface area contributed by atoms with Crippen molar-refractivity contribution >= 4 is 22.6 Å². The SMILES string of the molecule is C[C@@H](NC(=O)c1nc(-c2ccc3ncc(F)cc3c2)c(-c2ccn(C)n2)nc1N)c1ccccn1. The average Bonchev–Trinajstić information content (AvgIpc) is 3.30. The van der Waals surface area contributed by atoms with Crippen molar-refractivity contribution in [1.29, 1.82) is 0 Å². The van der Waals surface area contributed by atoms with Crippen molar-refractivity contribution in [2.75, 3.05) is 5.73 Å². The highest BCUT2D eigenvalue weighted by molar-refractivity contribution is 5.98. The predicted octanol–water partition coefficient (Wildman–Crippen LogP) is 3.70. The molecule has 3 N–H and O–H groups in total. The van der Waals surface area contributed by atoms with E-state index in [1.807, 2.05) is 19.1 Å². The van der Waals surface area contributed by atoms with Crippen LogP contribution in [0.3, 0.4) is 0 Å². The fourth-order valence-corrected chi connectivity index (χ4v) is 3.76. The van der Waals surface area contributed by atoms with Crippen molar-refractivity contribution in [2.45, 2.75) is 13.0 Å². The number of anilines is 1. The third kappa shape index (κ3) is 4.41. The van der Waals surface area contributed by atoms with Crippen LogP contribution in [-0.2, 0) is 7.05 Å². The van der Waals surface area contributed by atoms with E-state index in [2.05, 4.69) is 30.4 Å². The number of nitrogens with zero attached hydrogens (tertiary/aromatic N) is 6. The fraction of sp³-hybridized carbons (Fsp3) is 0.120. The second kappa shape index (κ2) is 8.90. The molecule has 5 aromatic rings. The Morgan fingerprint density at radius 3 is 2.69 bits per heavy atom. The van der Waals surface area contributed by atoms with Crippen LogP contribution in [0.15, 0.2) is 67.1 Å².